The number of carboxylic acid groups (broad SMARTS) is 1. The normalized spacial score (nSPS) is 13.6. The Kier molecular flexibility index (Phi) is 4.85. The summed E-state index contributed by atoms with van der Waals surface area (Å²) in [5.41, 5.74) is 0.993. The number of hydrogen-bond acceptors (Lipinski definition) is 3. The Hall–Kier alpha value is -0.970. The molecule has 0 aliphatic rings. The molecule has 0 aromatic carbocycles. The van der Waals surface area contributed by atoms with E-state index < -0.39 is 5.97 Å². The van der Waals surface area contributed by atoms with Gasteiger partial charge in [0.05, 0.1) is 22.5 Å². The lowest BCUT2D eigenvalue weighted by Crippen LogP contribution is -2.14. The largest absolute Gasteiger partial charge is 0.481 e. The molecule has 1 unspecified atom stereocenters. The van der Waals surface area contributed by atoms with Gasteiger partial charge in [0.25, 0.3) is 0 Å². The van der Waals surface area contributed by atoms with Crippen LogP contribution in [0, 0.1) is 0 Å². The van der Waals surface area contributed by atoms with Crippen molar-refractivity contribution in [1.82, 2.24) is 9.78 Å². The molecule has 4 nitrogen and oxygen atoms in total. The van der Waals surface area contributed by atoms with Crippen LogP contribution in [0.5, 0.6) is 0 Å². The number of hydrogen-bond donors (Lipinski definition) is 1. The van der Waals surface area contributed by atoms with Crippen LogP contribution in [0.25, 0.3) is 0 Å². The second-order valence-corrected chi connectivity index (χ2v) is 6.50. The van der Waals surface area contributed by atoms with Crippen molar-refractivity contribution in [2.45, 2.75) is 57.5 Å². The van der Waals surface area contributed by atoms with Gasteiger partial charge in [-0.2, -0.15) is 5.10 Å². The molecule has 1 aromatic heterocycles. The molecule has 1 rings (SSSR count). The van der Waals surface area contributed by atoms with Crippen molar-refractivity contribution < 1.29 is 9.90 Å². The summed E-state index contributed by atoms with van der Waals surface area (Å²) in [6, 6.07) is 2.30. The molecule has 0 spiro atoms. The van der Waals surface area contributed by atoms with Gasteiger partial charge in [-0.3, -0.25) is 9.48 Å². The third-order valence-electron chi connectivity index (χ3n) is 2.82. The summed E-state index contributed by atoms with van der Waals surface area (Å²) in [7, 11) is 0. The van der Waals surface area contributed by atoms with Gasteiger partial charge in [-0.05, 0) is 19.4 Å². The topological polar surface area (TPSA) is 55.1 Å². The number of carboxylic acids is 1. The maximum absolute atomic E-state index is 10.7. The molecule has 1 N–H and O–H groups in total. The minimum atomic E-state index is -0.797. The Morgan fingerprint density at radius 2 is 2.17 bits per heavy atom. The van der Waals surface area contributed by atoms with Crippen molar-refractivity contribution in [1.29, 1.82) is 0 Å². The Morgan fingerprint density at radius 3 is 2.61 bits per heavy atom. The summed E-state index contributed by atoms with van der Waals surface area (Å²) in [6.07, 6.45) is 0.978. The standard InChI is InChI=1S/C13H22N2O2S/c1-6-9(2)15-11(18-8-12(16)17)7-10(14-15)13(3,4)5/h7,9H,6,8H2,1-5H3,(H,16,17). The van der Waals surface area contributed by atoms with Crippen LogP contribution in [0.1, 0.15) is 52.8 Å². The molecule has 0 aliphatic carbocycles. The molecule has 18 heavy (non-hydrogen) atoms. The predicted octanol–water partition coefficient (Wildman–Crippen LogP) is 3.33. The van der Waals surface area contributed by atoms with E-state index in [1.165, 1.54) is 11.8 Å². The van der Waals surface area contributed by atoms with Crippen LogP contribution in [0.3, 0.4) is 0 Å². The number of rotatable bonds is 5. The highest BCUT2D eigenvalue weighted by molar-refractivity contribution is 7.99. The first-order chi connectivity index (χ1) is 8.25. The number of thioether (sulfide) groups is 1. The average molecular weight is 270 g/mol. The molecule has 5 heteroatoms. The Balaban J connectivity index is 3.05. The van der Waals surface area contributed by atoms with E-state index in [-0.39, 0.29) is 17.2 Å². The fourth-order valence-electron chi connectivity index (χ4n) is 1.48. The van der Waals surface area contributed by atoms with Crippen molar-refractivity contribution in [2.75, 3.05) is 5.75 Å². The summed E-state index contributed by atoms with van der Waals surface area (Å²) >= 11 is 1.34. The first-order valence-electron chi connectivity index (χ1n) is 6.20. The molecule has 1 aromatic rings. The molecule has 1 atom stereocenters. The van der Waals surface area contributed by atoms with Crippen molar-refractivity contribution in [3.63, 3.8) is 0 Å². The maximum Gasteiger partial charge on any atom is 0.313 e. The van der Waals surface area contributed by atoms with Crippen LogP contribution < -0.4 is 0 Å². The van der Waals surface area contributed by atoms with E-state index in [4.69, 9.17) is 5.11 Å². The lowest BCUT2D eigenvalue weighted by molar-refractivity contribution is -0.133. The van der Waals surface area contributed by atoms with Gasteiger partial charge in [0.1, 0.15) is 0 Å². The van der Waals surface area contributed by atoms with Gasteiger partial charge in [0.2, 0.25) is 0 Å². The highest BCUT2D eigenvalue weighted by atomic mass is 32.2. The lowest BCUT2D eigenvalue weighted by atomic mass is 9.93. The monoisotopic (exact) mass is 270 g/mol. The third-order valence-corrected chi connectivity index (χ3v) is 3.81. The molecule has 0 aliphatic heterocycles. The van der Waals surface area contributed by atoms with Crippen molar-refractivity contribution >= 4 is 17.7 Å². The van der Waals surface area contributed by atoms with Crippen molar-refractivity contribution in [3.8, 4) is 0 Å². The highest BCUT2D eigenvalue weighted by Gasteiger charge is 2.21. The fourth-order valence-corrected chi connectivity index (χ4v) is 2.30. The number of aromatic nitrogens is 2. The molecule has 102 valence electrons. The van der Waals surface area contributed by atoms with E-state index in [1.54, 1.807) is 0 Å². The van der Waals surface area contributed by atoms with Gasteiger partial charge in [-0.25, -0.2) is 0 Å². The van der Waals surface area contributed by atoms with Crippen LogP contribution in [-0.4, -0.2) is 26.6 Å². The maximum atomic E-state index is 10.7. The zero-order valence-electron chi connectivity index (χ0n) is 11.7. The molecular weight excluding hydrogens is 248 g/mol. The quantitative estimate of drug-likeness (QED) is 0.834. The summed E-state index contributed by atoms with van der Waals surface area (Å²) in [5.74, 6) is -0.722. The number of nitrogens with zero attached hydrogens (tertiary/aromatic N) is 2. The van der Waals surface area contributed by atoms with Crippen LogP contribution in [0.15, 0.2) is 11.1 Å². The fraction of sp³-hybridized carbons (Fsp3) is 0.692. The highest BCUT2D eigenvalue weighted by Crippen LogP contribution is 2.29. The van der Waals surface area contributed by atoms with Crippen LogP contribution in [0.4, 0.5) is 0 Å². The molecule has 1 heterocycles. The predicted molar refractivity (Wildman–Crippen MR) is 74.3 cm³/mol. The second-order valence-electron chi connectivity index (χ2n) is 5.50. The summed E-state index contributed by atoms with van der Waals surface area (Å²) in [6.45, 7) is 10.5. The first kappa shape index (κ1) is 15.1. The van der Waals surface area contributed by atoms with E-state index in [1.807, 2.05) is 10.7 Å². The van der Waals surface area contributed by atoms with E-state index in [9.17, 15) is 4.79 Å². The van der Waals surface area contributed by atoms with Crippen molar-refractivity contribution in [2.24, 2.45) is 0 Å². The minimum absolute atomic E-state index is 0.0166. The molecule has 0 fully saturated rings. The van der Waals surface area contributed by atoms with E-state index in [2.05, 4.69) is 39.7 Å². The summed E-state index contributed by atoms with van der Waals surface area (Å²) in [5, 5.41) is 14.4. The van der Waals surface area contributed by atoms with Gasteiger partial charge in [-0.15, -0.1) is 0 Å². The van der Waals surface area contributed by atoms with E-state index in [0.29, 0.717) is 0 Å². The third kappa shape index (κ3) is 3.77. The van der Waals surface area contributed by atoms with E-state index in [0.717, 1.165) is 17.1 Å². The molecule has 0 radical (unpaired) electrons. The Morgan fingerprint density at radius 1 is 1.56 bits per heavy atom. The van der Waals surface area contributed by atoms with Crippen LogP contribution in [0.2, 0.25) is 0 Å². The number of carbonyl (C=O) groups is 1. The molecule has 0 bridgehead atoms. The van der Waals surface area contributed by atoms with Crippen LogP contribution >= 0.6 is 11.8 Å². The second kappa shape index (κ2) is 5.78. The SMILES string of the molecule is CCC(C)n1nc(C(C)(C)C)cc1SCC(=O)O. The smallest absolute Gasteiger partial charge is 0.313 e. The number of aliphatic carboxylic acids is 1. The van der Waals surface area contributed by atoms with Gasteiger partial charge in [-0.1, -0.05) is 39.5 Å². The zero-order valence-corrected chi connectivity index (χ0v) is 12.5. The average Bonchev–Trinajstić information content (AvgIpc) is 2.68. The molecule has 0 amide bonds. The minimum Gasteiger partial charge on any atom is -0.481 e. The van der Waals surface area contributed by atoms with Gasteiger partial charge in [0.15, 0.2) is 0 Å². The van der Waals surface area contributed by atoms with Gasteiger partial charge < -0.3 is 5.11 Å². The Labute approximate surface area is 113 Å². The van der Waals surface area contributed by atoms with Crippen molar-refractivity contribution in [3.05, 3.63) is 11.8 Å². The van der Waals surface area contributed by atoms with E-state index >= 15 is 0 Å². The van der Waals surface area contributed by atoms with Gasteiger partial charge >= 0.3 is 5.97 Å². The molecular formula is C13H22N2O2S. The Bertz CT molecular complexity index is 421. The zero-order chi connectivity index (χ0) is 13.9. The first-order valence-corrected chi connectivity index (χ1v) is 7.19. The molecule has 0 saturated heterocycles. The summed E-state index contributed by atoms with van der Waals surface area (Å²) < 4.78 is 1.95. The molecule has 0 saturated carbocycles. The van der Waals surface area contributed by atoms with Crippen LogP contribution in [-0.2, 0) is 10.2 Å². The summed E-state index contributed by atoms with van der Waals surface area (Å²) in [4.78, 5) is 10.7. The lowest BCUT2D eigenvalue weighted by Gasteiger charge is -2.15. The van der Waals surface area contributed by atoms with Gasteiger partial charge in [0, 0.05) is 5.41 Å².